The minimum absolute atomic E-state index is 0.204. The van der Waals surface area contributed by atoms with E-state index < -0.39 is 53.5 Å². The first-order valence-electron chi connectivity index (χ1n) is 8.05. The predicted molar refractivity (Wildman–Crippen MR) is 103 cm³/mol. The third-order valence-corrected chi connectivity index (χ3v) is 7.04. The fourth-order valence-corrected chi connectivity index (χ4v) is 5.15. The Morgan fingerprint density at radius 3 is 2.23 bits per heavy atom. The number of fused-ring (bicyclic) bond motifs is 1. The molecule has 0 aliphatic carbocycles. The molecule has 1 aliphatic heterocycles. The third-order valence-electron chi connectivity index (χ3n) is 3.99. The Bertz CT molecular complexity index is 1310. The van der Waals surface area contributed by atoms with Crippen molar-refractivity contribution in [3.8, 4) is 0 Å². The zero-order chi connectivity index (χ0) is 23.2. The first kappa shape index (κ1) is 22.9. The van der Waals surface area contributed by atoms with Crippen LogP contribution in [0.15, 0.2) is 59.1 Å². The van der Waals surface area contributed by atoms with Crippen molar-refractivity contribution in [1.82, 2.24) is 0 Å². The maximum atomic E-state index is 13.3. The molecule has 14 heteroatoms. The molecule has 8 nitrogen and oxygen atoms in total. The highest BCUT2D eigenvalue weighted by atomic mass is 35.5. The van der Waals surface area contributed by atoms with Crippen LogP contribution in [0.4, 0.5) is 18.9 Å². The van der Waals surface area contributed by atoms with Crippen LogP contribution in [0, 0.1) is 0 Å². The highest BCUT2D eigenvalue weighted by molar-refractivity contribution is 7.93. The van der Waals surface area contributed by atoms with Gasteiger partial charge < -0.3 is 8.92 Å². The van der Waals surface area contributed by atoms with Crippen molar-refractivity contribution in [3.05, 3.63) is 64.8 Å². The van der Waals surface area contributed by atoms with Gasteiger partial charge in [0.1, 0.15) is 0 Å². The van der Waals surface area contributed by atoms with Gasteiger partial charge in [0, 0.05) is 5.56 Å². The van der Waals surface area contributed by atoms with Gasteiger partial charge in [0.25, 0.3) is 10.0 Å². The van der Waals surface area contributed by atoms with Gasteiger partial charge >= 0.3 is 21.6 Å². The van der Waals surface area contributed by atoms with Crippen LogP contribution in [0.2, 0.25) is 5.02 Å². The first-order chi connectivity index (χ1) is 14.3. The Morgan fingerprint density at radius 1 is 1.06 bits per heavy atom. The maximum Gasteiger partial charge on any atom is 0.534 e. The Hall–Kier alpha value is -2.77. The van der Waals surface area contributed by atoms with Gasteiger partial charge in [-0.15, -0.1) is 0 Å². The molecule has 0 N–H and O–H groups in total. The van der Waals surface area contributed by atoms with Crippen LogP contribution in [0.25, 0.3) is 5.76 Å². The summed E-state index contributed by atoms with van der Waals surface area (Å²) in [6.07, 6.45) is 0. The van der Waals surface area contributed by atoms with Gasteiger partial charge in [0.2, 0.25) is 0 Å². The molecule has 3 rings (SSSR count). The summed E-state index contributed by atoms with van der Waals surface area (Å²) in [5.74, 6) is -2.67. The number of rotatable bonds is 4. The molecule has 1 aliphatic rings. The Labute approximate surface area is 179 Å². The number of ether oxygens (including phenoxy) is 1. The van der Waals surface area contributed by atoms with Crippen molar-refractivity contribution in [2.75, 3.05) is 11.4 Å². The van der Waals surface area contributed by atoms with E-state index in [2.05, 4.69) is 8.92 Å². The number of halogens is 4. The number of methoxy groups -OCH3 is 1. The standard InChI is InChI=1S/C17H11ClF3NO7S2/c1-28-16(23)14-15(29-31(26,27)17(19,20)21)10-6-2-5-9-13(10)30(24,25)22(14)12-8-4-3-7-11(12)18/h2-9H,1H3. The molecule has 0 radical (unpaired) electrons. The van der Waals surface area contributed by atoms with E-state index in [1.807, 2.05) is 0 Å². The van der Waals surface area contributed by atoms with Crippen LogP contribution in [-0.2, 0) is 33.9 Å². The molecular weight excluding hydrogens is 487 g/mol. The number of nitrogens with zero attached hydrogens (tertiary/aromatic N) is 1. The molecule has 0 fully saturated rings. The molecule has 0 aromatic heterocycles. The molecule has 0 bridgehead atoms. The van der Waals surface area contributed by atoms with Crippen LogP contribution in [0.3, 0.4) is 0 Å². The van der Waals surface area contributed by atoms with Gasteiger partial charge in [-0.05, 0) is 24.3 Å². The quantitative estimate of drug-likeness (QED) is 0.362. The lowest BCUT2D eigenvalue weighted by atomic mass is 10.1. The lowest BCUT2D eigenvalue weighted by Crippen LogP contribution is -2.40. The third kappa shape index (κ3) is 3.83. The van der Waals surface area contributed by atoms with Gasteiger partial charge in [-0.3, -0.25) is 0 Å². The van der Waals surface area contributed by atoms with E-state index in [0.29, 0.717) is 0 Å². The van der Waals surface area contributed by atoms with Crippen molar-refractivity contribution in [2.45, 2.75) is 10.4 Å². The average Bonchev–Trinajstić information content (AvgIpc) is 2.69. The normalized spacial score (nSPS) is 16.0. The number of sulfonamides is 1. The van der Waals surface area contributed by atoms with Crippen LogP contribution in [-0.4, -0.2) is 35.4 Å². The number of carbonyl (C=O) groups excluding carboxylic acids is 1. The first-order valence-corrected chi connectivity index (χ1v) is 11.3. The van der Waals surface area contributed by atoms with Gasteiger partial charge in [0.05, 0.1) is 22.7 Å². The minimum atomic E-state index is -6.29. The topological polar surface area (TPSA) is 107 Å². The maximum absolute atomic E-state index is 13.3. The summed E-state index contributed by atoms with van der Waals surface area (Å²) >= 11 is 6.06. The van der Waals surface area contributed by atoms with Crippen LogP contribution in [0.1, 0.15) is 5.56 Å². The van der Waals surface area contributed by atoms with E-state index in [1.165, 1.54) is 30.3 Å². The lowest BCUT2D eigenvalue weighted by Gasteiger charge is -2.32. The zero-order valence-electron chi connectivity index (χ0n) is 15.3. The lowest BCUT2D eigenvalue weighted by molar-refractivity contribution is -0.136. The zero-order valence-corrected chi connectivity index (χ0v) is 17.6. The number of hydrogen-bond acceptors (Lipinski definition) is 7. The van der Waals surface area contributed by atoms with Crippen LogP contribution in [0.5, 0.6) is 0 Å². The smallest absolute Gasteiger partial charge is 0.464 e. The number of carbonyl (C=O) groups is 1. The number of anilines is 1. The minimum Gasteiger partial charge on any atom is -0.464 e. The molecule has 2 aromatic carbocycles. The molecule has 31 heavy (non-hydrogen) atoms. The number of benzene rings is 2. The fourth-order valence-electron chi connectivity index (χ4n) is 2.70. The Morgan fingerprint density at radius 2 is 1.65 bits per heavy atom. The van der Waals surface area contributed by atoms with E-state index in [9.17, 15) is 34.8 Å². The van der Waals surface area contributed by atoms with Gasteiger partial charge in [-0.1, -0.05) is 35.9 Å². The Balaban J connectivity index is 2.47. The fraction of sp³-hybridized carbons (Fsp3) is 0.118. The van der Waals surface area contributed by atoms with Crippen molar-refractivity contribution in [2.24, 2.45) is 0 Å². The van der Waals surface area contributed by atoms with Crippen molar-refractivity contribution in [3.63, 3.8) is 0 Å². The van der Waals surface area contributed by atoms with E-state index in [1.54, 1.807) is 0 Å². The van der Waals surface area contributed by atoms with Crippen LogP contribution < -0.4 is 4.31 Å². The molecule has 2 aromatic rings. The van der Waals surface area contributed by atoms with Crippen molar-refractivity contribution in [1.29, 1.82) is 0 Å². The van der Waals surface area contributed by atoms with Gasteiger partial charge in [0.15, 0.2) is 11.5 Å². The molecule has 0 saturated carbocycles. The summed E-state index contributed by atoms with van der Waals surface area (Å²) < 4.78 is 98.1. The molecular formula is C17H11ClF3NO7S2. The number of hydrogen-bond donors (Lipinski definition) is 0. The number of esters is 1. The monoisotopic (exact) mass is 497 g/mol. The second-order valence-electron chi connectivity index (χ2n) is 5.87. The molecule has 0 spiro atoms. The van der Waals surface area contributed by atoms with Gasteiger partial charge in [-0.2, -0.15) is 21.6 Å². The van der Waals surface area contributed by atoms with E-state index >= 15 is 0 Å². The highest BCUT2D eigenvalue weighted by Crippen LogP contribution is 2.44. The molecule has 0 amide bonds. The second-order valence-corrected chi connectivity index (χ2v) is 9.57. The average molecular weight is 498 g/mol. The predicted octanol–water partition coefficient (Wildman–Crippen LogP) is 3.26. The molecule has 166 valence electrons. The number of alkyl halides is 3. The van der Waals surface area contributed by atoms with Crippen LogP contribution >= 0.6 is 11.6 Å². The summed E-state index contributed by atoms with van der Waals surface area (Å²) in [5.41, 5.74) is -7.91. The van der Waals surface area contributed by atoms with E-state index in [4.69, 9.17) is 11.6 Å². The Kier molecular flexibility index (Phi) is 5.71. The van der Waals surface area contributed by atoms with Crippen molar-refractivity contribution < 1.29 is 43.7 Å². The summed E-state index contributed by atoms with van der Waals surface area (Å²) in [6, 6.07) is 9.66. The summed E-state index contributed by atoms with van der Waals surface area (Å²) in [7, 11) is -10.1. The summed E-state index contributed by atoms with van der Waals surface area (Å²) in [6.45, 7) is 0. The van der Waals surface area contributed by atoms with E-state index in [-0.39, 0.29) is 15.0 Å². The summed E-state index contributed by atoms with van der Waals surface area (Å²) in [4.78, 5) is 11.9. The molecule has 0 unspecified atom stereocenters. The largest absolute Gasteiger partial charge is 0.534 e. The molecule has 1 heterocycles. The molecule has 0 saturated heterocycles. The molecule has 0 atom stereocenters. The summed E-state index contributed by atoms with van der Waals surface area (Å²) in [5, 5.41) is -0.204. The van der Waals surface area contributed by atoms with Crippen molar-refractivity contribution >= 4 is 49.2 Å². The number of para-hydroxylation sites is 1. The van der Waals surface area contributed by atoms with Gasteiger partial charge in [-0.25, -0.2) is 17.5 Å². The highest BCUT2D eigenvalue weighted by Gasteiger charge is 2.52. The second kappa shape index (κ2) is 7.73. The SMILES string of the molecule is COC(=O)C1=C(OS(=O)(=O)C(F)(F)F)c2ccccc2S(=O)(=O)N1c1ccccc1Cl. The van der Waals surface area contributed by atoms with E-state index in [0.717, 1.165) is 25.3 Å².